The standard InChI is InChI=1S/C23H23FN4/c1-23(2)11-15(12-23)13-28-14-27-20(16-3-5-17(24)6-4-16)21(28)18-7-9-25-22-19(18)8-10-26-22/h3-10,14-15H,11-13H2,1-2H3,(H,25,26). The van der Waals surface area contributed by atoms with Gasteiger partial charge in [0.2, 0.25) is 0 Å². The van der Waals surface area contributed by atoms with Gasteiger partial charge in [0.1, 0.15) is 11.5 Å². The Balaban J connectivity index is 1.64. The maximum atomic E-state index is 13.5. The third-order valence-corrected chi connectivity index (χ3v) is 5.81. The number of aromatic nitrogens is 4. The number of nitrogens with one attached hydrogen (secondary N) is 1. The van der Waals surface area contributed by atoms with Crippen molar-refractivity contribution in [3.63, 3.8) is 0 Å². The lowest BCUT2D eigenvalue weighted by Crippen LogP contribution is -2.34. The molecule has 0 atom stereocenters. The zero-order valence-corrected chi connectivity index (χ0v) is 16.1. The predicted octanol–water partition coefficient (Wildman–Crippen LogP) is 5.67. The molecular formula is C23H23FN4. The van der Waals surface area contributed by atoms with E-state index in [0.29, 0.717) is 11.3 Å². The van der Waals surface area contributed by atoms with Crippen LogP contribution in [-0.2, 0) is 6.54 Å². The zero-order chi connectivity index (χ0) is 19.3. The molecule has 3 heterocycles. The number of fused-ring (bicyclic) bond motifs is 1. The summed E-state index contributed by atoms with van der Waals surface area (Å²) in [5.74, 6) is 0.422. The molecule has 1 fully saturated rings. The van der Waals surface area contributed by atoms with Crippen LogP contribution in [0.5, 0.6) is 0 Å². The monoisotopic (exact) mass is 374 g/mol. The van der Waals surface area contributed by atoms with Crippen molar-refractivity contribution < 1.29 is 4.39 Å². The summed E-state index contributed by atoms with van der Waals surface area (Å²) in [6.07, 6.45) is 8.12. The second-order valence-electron chi connectivity index (χ2n) is 8.64. The third kappa shape index (κ3) is 2.91. The Kier molecular flexibility index (Phi) is 3.86. The van der Waals surface area contributed by atoms with Crippen molar-refractivity contribution in [1.82, 2.24) is 19.5 Å². The number of pyridine rings is 1. The van der Waals surface area contributed by atoms with E-state index in [4.69, 9.17) is 4.98 Å². The molecule has 4 nitrogen and oxygen atoms in total. The van der Waals surface area contributed by atoms with Gasteiger partial charge in [0.25, 0.3) is 0 Å². The number of aromatic amines is 1. The number of hydrogen-bond acceptors (Lipinski definition) is 2. The van der Waals surface area contributed by atoms with Gasteiger partial charge in [-0.05, 0) is 60.6 Å². The molecule has 0 unspecified atom stereocenters. The summed E-state index contributed by atoms with van der Waals surface area (Å²) in [6.45, 7) is 5.60. The summed E-state index contributed by atoms with van der Waals surface area (Å²) in [5, 5.41) is 1.07. The minimum atomic E-state index is -0.238. The summed E-state index contributed by atoms with van der Waals surface area (Å²) in [5.41, 5.74) is 5.28. The number of rotatable bonds is 4. The van der Waals surface area contributed by atoms with E-state index in [1.165, 1.54) is 25.0 Å². The van der Waals surface area contributed by atoms with E-state index in [2.05, 4.69) is 34.4 Å². The highest BCUT2D eigenvalue weighted by atomic mass is 19.1. The van der Waals surface area contributed by atoms with Gasteiger partial charge < -0.3 is 9.55 Å². The van der Waals surface area contributed by atoms with Crippen LogP contribution in [0.4, 0.5) is 4.39 Å². The molecule has 1 aliphatic rings. The lowest BCUT2D eigenvalue weighted by molar-refractivity contribution is 0.0832. The fraction of sp³-hybridized carbons (Fsp3) is 0.304. The van der Waals surface area contributed by atoms with Crippen LogP contribution in [0.1, 0.15) is 26.7 Å². The van der Waals surface area contributed by atoms with Gasteiger partial charge in [-0.15, -0.1) is 0 Å². The molecule has 0 radical (unpaired) electrons. The molecular weight excluding hydrogens is 351 g/mol. The van der Waals surface area contributed by atoms with Gasteiger partial charge in [0.15, 0.2) is 0 Å². The molecule has 0 aliphatic heterocycles. The highest BCUT2D eigenvalue weighted by Gasteiger charge is 2.36. The first-order chi connectivity index (χ1) is 13.5. The molecule has 0 bridgehead atoms. The van der Waals surface area contributed by atoms with Crippen molar-refractivity contribution in [2.24, 2.45) is 11.3 Å². The Bertz CT molecular complexity index is 1130. The molecule has 0 saturated heterocycles. The first-order valence-electron chi connectivity index (χ1n) is 9.74. The molecule has 1 aliphatic carbocycles. The van der Waals surface area contributed by atoms with Crippen LogP contribution < -0.4 is 0 Å². The van der Waals surface area contributed by atoms with Gasteiger partial charge in [0.05, 0.1) is 17.7 Å². The first-order valence-corrected chi connectivity index (χ1v) is 9.74. The SMILES string of the molecule is CC1(C)CC(Cn2cnc(-c3ccc(F)cc3)c2-c2ccnc3[nH]ccc23)C1. The minimum absolute atomic E-state index is 0.238. The summed E-state index contributed by atoms with van der Waals surface area (Å²) in [4.78, 5) is 12.4. The number of imidazole rings is 1. The molecule has 1 aromatic carbocycles. The quantitative estimate of drug-likeness (QED) is 0.500. The van der Waals surface area contributed by atoms with Gasteiger partial charge >= 0.3 is 0 Å². The van der Waals surface area contributed by atoms with E-state index < -0.39 is 0 Å². The molecule has 0 spiro atoms. The maximum Gasteiger partial charge on any atom is 0.137 e. The van der Waals surface area contributed by atoms with Crippen molar-refractivity contribution in [1.29, 1.82) is 0 Å². The predicted molar refractivity (Wildman–Crippen MR) is 109 cm³/mol. The Labute approximate surface area is 163 Å². The highest BCUT2D eigenvalue weighted by Crippen LogP contribution is 2.46. The lowest BCUT2D eigenvalue weighted by Gasteiger charge is -2.43. The van der Waals surface area contributed by atoms with Crippen molar-refractivity contribution in [2.45, 2.75) is 33.2 Å². The average Bonchev–Trinajstić information content (AvgIpc) is 3.27. The molecule has 3 aromatic heterocycles. The minimum Gasteiger partial charge on any atom is -0.346 e. The van der Waals surface area contributed by atoms with Crippen molar-refractivity contribution in [2.75, 3.05) is 0 Å². The Morgan fingerprint density at radius 3 is 2.64 bits per heavy atom. The molecule has 5 rings (SSSR count). The number of benzene rings is 1. The van der Waals surface area contributed by atoms with Crippen LogP contribution >= 0.6 is 0 Å². The molecule has 4 aromatic rings. The van der Waals surface area contributed by atoms with Gasteiger partial charge in [-0.2, -0.15) is 0 Å². The van der Waals surface area contributed by atoms with Gasteiger partial charge in [-0.25, -0.2) is 14.4 Å². The van der Waals surface area contributed by atoms with E-state index in [1.54, 1.807) is 12.1 Å². The summed E-state index contributed by atoms with van der Waals surface area (Å²) in [7, 11) is 0. The molecule has 1 saturated carbocycles. The second-order valence-corrected chi connectivity index (χ2v) is 8.64. The average molecular weight is 374 g/mol. The maximum absolute atomic E-state index is 13.5. The smallest absolute Gasteiger partial charge is 0.137 e. The fourth-order valence-corrected chi connectivity index (χ4v) is 4.70. The van der Waals surface area contributed by atoms with Crippen molar-refractivity contribution in [3.05, 3.63) is 60.9 Å². The summed E-state index contributed by atoms with van der Waals surface area (Å²) >= 11 is 0. The number of hydrogen-bond donors (Lipinski definition) is 1. The summed E-state index contributed by atoms with van der Waals surface area (Å²) < 4.78 is 15.7. The number of nitrogens with zero attached hydrogens (tertiary/aromatic N) is 3. The first kappa shape index (κ1) is 17.2. The van der Waals surface area contributed by atoms with Crippen LogP contribution in [-0.4, -0.2) is 19.5 Å². The fourth-order valence-electron chi connectivity index (χ4n) is 4.70. The second kappa shape index (κ2) is 6.30. The molecule has 142 valence electrons. The van der Waals surface area contributed by atoms with Crippen molar-refractivity contribution >= 4 is 11.0 Å². The van der Waals surface area contributed by atoms with Gasteiger partial charge in [-0.3, -0.25) is 0 Å². The molecule has 28 heavy (non-hydrogen) atoms. The summed E-state index contributed by atoms with van der Waals surface area (Å²) in [6, 6.07) is 10.7. The van der Waals surface area contributed by atoms with Crippen LogP contribution in [0, 0.1) is 17.2 Å². The van der Waals surface area contributed by atoms with Crippen LogP contribution in [0.2, 0.25) is 0 Å². The molecule has 5 heteroatoms. The third-order valence-electron chi connectivity index (χ3n) is 5.81. The highest BCUT2D eigenvalue weighted by molar-refractivity contribution is 5.95. The Morgan fingerprint density at radius 2 is 1.89 bits per heavy atom. The lowest BCUT2D eigenvalue weighted by atomic mass is 9.64. The van der Waals surface area contributed by atoms with Gasteiger partial charge in [0, 0.05) is 35.5 Å². The van der Waals surface area contributed by atoms with E-state index >= 15 is 0 Å². The van der Waals surface area contributed by atoms with E-state index in [9.17, 15) is 4.39 Å². The van der Waals surface area contributed by atoms with E-state index in [-0.39, 0.29) is 5.82 Å². The van der Waals surface area contributed by atoms with Crippen LogP contribution in [0.15, 0.2) is 55.1 Å². The number of halogens is 1. The van der Waals surface area contributed by atoms with Crippen molar-refractivity contribution in [3.8, 4) is 22.5 Å². The normalized spacial score (nSPS) is 16.4. The number of H-pyrrole nitrogens is 1. The Morgan fingerprint density at radius 1 is 1.11 bits per heavy atom. The van der Waals surface area contributed by atoms with E-state index in [1.807, 2.05) is 24.8 Å². The zero-order valence-electron chi connectivity index (χ0n) is 16.1. The molecule has 0 amide bonds. The van der Waals surface area contributed by atoms with Crippen LogP contribution in [0.25, 0.3) is 33.5 Å². The molecule has 1 N–H and O–H groups in total. The van der Waals surface area contributed by atoms with Gasteiger partial charge in [-0.1, -0.05) is 13.8 Å². The topological polar surface area (TPSA) is 46.5 Å². The van der Waals surface area contributed by atoms with Crippen LogP contribution in [0.3, 0.4) is 0 Å². The Hall–Kier alpha value is -2.95. The van der Waals surface area contributed by atoms with E-state index in [0.717, 1.165) is 40.1 Å². The largest absolute Gasteiger partial charge is 0.346 e.